The Labute approximate surface area is 96.3 Å². The van der Waals surface area contributed by atoms with Crippen molar-refractivity contribution in [2.75, 3.05) is 25.1 Å². The van der Waals surface area contributed by atoms with Crippen LogP contribution in [0.4, 0.5) is 4.79 Å². The highest BCUT2D eigenvalue weighted by molar-refractivity contribution is 7.98. The summed E-state index contributed by atoms with van der Waals surface area (Å²) >= 11 is 1.73. The Morgan fingerprint density at radius 2 is 2.13 bits per heavy atom. The van der Waals surface area contributed by atoms with Crippen molar-refractivity contribution in [3.05, 3.63) is 0 Å². The van der Waals surface area contributed by atoms with Gasteiger partial charge in [0.25, 0.3) is 0 Å². The lowest BCUT2D eigenvalue weighted by molar-refractivity contribution is 0.0521. The van der Waals surface area contributed by atoms with Gasteiger partial charge in [-0.15, -0.1) is 0 Å². The Balaban J connectivity index is 3.78. The molecule has 1 atom stereocenters. The van der Waals surface area contributed by atoms with Crippen molar-refractivity contribution in [3.8, 4) is 0 Å². The summed E-state index contributed by atoms with van der Waals surface area (Å²) in [7, 11) is 0. The second-order valence-corrected chi connectivity index (χ2v) is 5.35. The number of ether oxygens (including phenoxy) is 1. The summed E-state index contributed by atoms with van der Waals surface area (Å²) in [6.45, 7) is 6.68. The number of hydrogen-bond acceptors (Lipinski definition) is 4. The standard InChI is InChI=1S/C10H22N2O2S/c1-10(2,3)14-9(13)12-6-8(5-11)7-15-4/h8H,5-7,11H2,1-4H3,(H,12,13). The van der Waals surface area contributed by atoms with Gasteiger partial charge < -0.3 is 15.8 Å². The van der Waals surface area contributed by atoms with E-state index in [1.165, 1.54) is 0 Å². The Morgan fingerprint density at radius 3 is 2.53 bits per heavy atom. The molecule has 0 fully saturated rings. The van der Waals surface area contributed by atoms with E-state index >= 15 is 0 Å². The van der Waals surface area contributed by atoms with Crippen LogP contribution in [-0.2, 0) is 4.74 Å². The smallest absolute Gasteiger partial charge is 0.407 e. The highest BCUT2D eigenvalue weighted by atomic mass is 32.2. The fourth-order valence-corrected chi connectivity index (χ4v) is 1.71. The van der Waals surface area contributed by atoms with Gasteiger partial charge in [0, 0.05) is 6.54 Å². The predicted molar refractivity (Wildman–Crippen MR) is 65.2 cm³/mol. The highest BCUT2D eigenvalue weighted by Gasteiger charge is 2.16. The number of thioether (sulfide) groups is 1. The number of alkyl carbamates (subject to hydrolysis) is 1. The second kappa shape index (κ2) is 6.95. The van der Waals surface area contributed by atoms with Gasteiger partial charge in [-0.3, -0.25) is 0 Å². The second-order valence-electron chi connectivity index (χ2n) is 4.44. The van der Waals surface area contributed by atoms with Crippen LogP contribution in [0.1, 0.15) is 20.8 Å². The van der Waals surface area contributed by atoms with Crippen LogP contribution >= 0.6 is 11.8 Å². The van der Waals surface area contributed by atoms with Crippen LogP contribution in [0.3, 0.4) is 0 Å². The van der Waals surface area contributed by atoms with E-state index in [1.807, 2.05) is 27.0 Å². The van der Waals surface area contributed by atoms with Gasteiger partial charge >= 0.3 is 6.09 Å². The molecule has 0 aromatic carbocycles. The molecule has 4 nitrogen and oxygen atoms in total. The Kier molecular flexibility index (Phi) is 6.76. The first kappa shape index (κ1) is 14.6. The zero-order valence-electron chi connectivity index (χ0n) is 10.0. The molecule has 1 unspecified atom stereocenters. The van der Waals surface area contributed by atoms with E-state index in [-0.39, 0.29) is 6.09 Å². The van der Waals surface area contributed by atoms with Gasteiger partial charge in [0.1, 0.15) is 5.60 Å². The molecule has 0 bridgehead atoms. The highest BCUT2D eigenvalue weighted by Crippen LogP contribution is 2.07. The van der Waals surface area contributed by atoms with E-state index in [1.54, 1.807) is 11.8 Å². The number of rotatable bonds is 5. The van der Waals surface area contributed by atoms with Crippen LogP contribution in [0.15, 0.2) is 0 Å². The SMILES string of the molecule is CSCC(CN)CNC(=O)OC(C)(C)C. The molecule has 1 amide bonds. The summed E-state index contributed by atoms with van der Waals surface area (Å²) in [5.41, 5.74) is 5.12. The third-order valence-electron chi connectivity index (χ3n) is 1.67. The van der Waals surface area contributed by atoms with Crippen molar-refractivity contribution in [3.63, 3.8) is 0 Å². The van der Waals surface area contributed by atoms with Crippen LogP contribution in [0.5, 0.6) is 0 Å². The summed E-state index contributed by atoms with van der Waals surface area (Å²) < 4.78 is 5.11. The molecule has 3 N–H and O–H groups in total. The van der Waals surface area contributed by atoms with Gasteiger partial charge in [-0.1, -0.05) is 0 Å². The quantitative estimate of drug-likeness (QED) is 0.755. The Hall–Kier alpha value is -0.420. The van der Waals surface area contributed by atoms with Crippen molar-refractivity contribution in [2.24, 2.45) is 11.7 Å². The Morgan fingerprint density at radius 1 is 1.53 bits per heavy atom. The molecule has 0 aromatic rings. The lowest BCUT2D eigenvalue weighted by Gasteiger charge is -2.21. The molecule has 0 aromatic heterocycles. The van der Waals surface area contributed by atoms with E-state index in [2.05, 4.69) is 5.32 Å². The molecule has 90 valence electrons. The topological polar surface area (TPSA) is 64.3 Å². The minimum absolute atomic E-state index is 0.313. The van der Waals surface area contributed by atoms with Crippen molar-refractivity contribution < 1.29 is 9.53 Å². The molecule has 5 heteroatoms. The van der Waals surface area contributed by atoms with Gasteiger partial charge in [0.15, 0.2) is 0 Å². The first-order valence-electron chi connectivity index (χ1n) is 5.05. The zero-order valence-corrected chi connectivity index (χ0v) is 10.8. The predicted octanol–water partition coefficient (Wildman–Crippen LogP) is 1.45. The molecule has 0 saturated heterocycles. The third-order valence-corrected chi connectivity index (χ3v) is 2.47. The van der Waals surface area contributed by atoms with Crippen LogP contribution in [0.25, 0.3) is 0 Å². The molecule has 0 radical (unpaired) electrons. The number of hydrogen-bond donors (Lipinski definition) is 2. The van der Waals surface area contributed by atoms with Crippen LogP contribution in [-0.4, -0.2) is 36.8 Å². The maximum absolute atomic E-state index is 11.3. The number of carbonyl (C=O) groups excluding carboxylic acids is 1. The number of nitrogens with two attached hydrogens (primary N) is 1. The molecular weight excluding hydrogens is 212 g/mol. The molecule has 0 rings (SSSR count). The number of amides is 1. The fraction of sp³-hybridized carbons (Fsp3) is 0.900. The van der Waals surface area contributed by atoms with Gasteiger partial charge in [0.05, 0.1) is 0 Å². The van der Waals surface area contributed by atoms with E-state index in [4.69, 9.17) is 10.5 Å². The lowest BCUT2D eigenvalue weighted by Crippen LogP contribution is -2.37. The first-order valence-corrected chi connectivity index (χ1v) is 6.44. The van der Waals surface area contributed by atoms with Gasteiger partial charge in [-0.05, 0) is 45.2 Å². The van der Waals surface area contributed by atoms with Crippen molar-refractivity contribution in [1.29, 1.82) is 0 Å². The van der Waals surface area contributed by atoms with E-state index in [9.17, 15) is 4.79 Å². The van der Waals surface area contributed by atoms with Crippen molar-refractivity contribution >= 4 is 17.9 Å². The minimum Gasteiger partial charge on any atom is -0.444 e. The average Bonchev–Trinajstić information content (AvgIpc) is 2.09. The van der Waals surface area contributed by atoms with Gasteiger partial charge in [-0.25, -0.2) is 4.79 Å². The van der Waals surface area contributed by atoms with Gasteiger partial charge in [-0.2, -0.15) is 11.8 Å². The maximum atomic E-state index is 11.3. The molecule has 15 heavy (non-hydrogen) atoms. The molecule has 0 aliphatic rings. The largest absolute Gasteiger partial charge is 0.444 e. The normalized spacial score (nSPS) is 13.4. The zero-order chi connectivity index (χ0) is 11.9. The van der Waals surface area contributed by atoms with Crippen molar-refractivity contribution in [1.82, 2.24) is 5.32 Å². The molecule has 0 aliphatic heterocycles. The fourth-order valence-electron chi connectivity index (χ4n) is 0.988. The molecule has 0 saturated carbocycles. The maximum Gasteiger partial charge on any atom is 0.407 e. The molecule has 0 aliphatic carbocycles. The summed E-state index contributed by atoms with van der Waals surface area (Å²) in [4.78, 5) is 11.3. The number of nitrogens with one attached hydrogen (secondary N) is 1. The number of carbonyl (C=O) groups is 1. The molecule has 0 heterocycles. The summed E-state index contributed by atoms with van der Waals surface area (Å²) in [5.74, 6) is 1.26. The summed E-state index contributed by atoms with van der Waals surface area (Å²) in [6, 6.07) is 0. The Bertz CT molecular complexity index is 192. The first-order chi connectivity index (χ1) is 6.89. The molecule has 0 spiro atoms. The third kappa shape index (κ3) is 8.57. The van der Waals surface area contributed by atoms with E-state index in [0.29, 0.717) is 19.0 Å². The van der Waals surface area contributed by atoms with Crippen LogP contribution < -0.4 is 11.1 Å². The van der Waals surface area contributed by atoms with Crippen molar-refractivity contribution in [2.45, 2.75) is 26.4 Å². The summed E-state index contributed by atoms with van der Waals surface area (Å²) in [6.07, 6.45) is 1.65. The van der Waals surface area contributed by atoms with Crippen LogP contribution in [0, 0.1) is 5.92 Å². The molecular formula is C10H22N2O2S. The average molecular weight is 234 g/mol. The van der Waals surface area contributed by atoms with Gasteiger partial charge in [0.2, 0.25) is 0 Å². The van der Waals surface area contributed by atoms with E-state index < -0.39 is 5.60 Å². The van der Waals surface area contributed by atoms with E-state index in [0.717, 1.165) is 5.75 Å². The minimum atomic E-state index is -0.443. The van der Waals surface area contributed by atoms with Crippen LogP contribution in [0.2, 0.25) is 0 Å². The lowest BCUT2D eigenvalue weighted by atomic mass is 10.2. The summed E-state index contributed by atoms with van der Waals surface area (Å²) in [5, 5.41) is 2.72. The monoisotopic (exact) mass is 234 g/mol.